The number of hydrogen-bond acceptors (Lipinski definition) is 4. The molecule has 0 aliphatic heterocycles. The van der Waals surface area contributed by atoms with Crippen molar-refractivity contribution in [2.45, 2.75) is 19.3 Å². The Morgan fingerprint density at radius 3 is 2.62 bits per heavy atom. The number of amides is 1. The molecule has 0 spiro atoms. The summed E-state index contributed by atoms with van der Waals surface area (Å²) in [6.07, 6.45) is 6.78. The Kier molecular flexibility index (Phi) is 4.57. The molecule has 8 heteroatoms. The highest BCUT2D eigenvalue weighted by Gasteiger charge is 2.25. The first kappa shape index (κ1) is 18.3. The Balaban J connectivity index is 1.49. The van der Waals surface area contributed by atoms with Gasteiger partial charge in [0.05, 0.1) is 11.9 Å². The average Bonchev–Trinajstić information content (AvgIpc) is 3.22. The minimum atomic E-state index is 0.0492. The lowest BCUT2D eigenvalue weighted by molar-refractivity contribution is -0.122. The van der Waals surface area contributed by atoms with Crippen LogP contribution in [0.5, 0.6) is 0 Å². The van der Waals surface area contributed by atoms with E-state index < -0.39 is 0 Å². The van der Waals surface area contributed by atoms with E-state index in [1.807, 2.05) is 25.4 Å². The number of nitrogens with zero attached hydrogens (tertiary/aromatic N) is 5. The summed E-state index contributed by atoms with van der Waals surface area (Å²) in [6, 6.07) is 12.1. The topological polar surface area (TPSA) is 77.1 Å². The van der Waals surface area contributed by atoms with E-state index in [-0.39, 0.29) is 11.8 Å². The molecule has 0 unspecified atom stereocenters. The number of aryl methyl sites for hydroxylation is 1. The zero-order chi connectivity index (χ0) is 20.0. The number of carbonyl (C=O) groups is 1. The van der Waals surface area contributed by atoms with E-state index in [2.05, 4.69) is 62.3 Å². The summed E-state index contributed by atoms with van der Waals surface area (Å²) in [7, 11) is 1.91. The zero-order valence-corrected chi connectivity index (χ0v) is 18.0. The van der Waals surface area contributed by atoms with Gasteiger partial charge in [-0.2, -0.15) is 10.2 Å². The largest absolute Gasteiger partial charge is 0.309 e. The molecule has 1 N–H and O–H groups in total. The maximum Gasteiger partial charge on any atom is 0.228 e. The van der Waals surface area contributed by atoms with Gasteiger partial charge >= 0.3 is 0 Å². The molecule has 5 rings (SSSR count). The van der Waals surface area contributed by atoms with Gasteiger partial charge in [-0.15, -0.1) is 0 Å². The number of nitrogens with one attached hydrogen (secondary N) is 1. The average molecular weight is 498 g/mol. The summed E-state index contributed by atoms with van der Waals surface area (Å²) in [5.41, 5.74) is 4.37. The van der Waals surface area contributed by atoms with Gasteiger partial charge in [-0.1, -0.05) is 18.6 Å². The molecule has 3 heterocycles. The summed E-state index contributed by atoms with van der Waals surface area (Å²) in [5, 5.41) is 12.3. The molecule has 0 bridgehead atoms. The van der Waals surface area contributed by atoms with Crippen molar-refractivity contribution in [3.63, 3.8) is 0 Å². The van der Waals surface area contributed by atoms with Crippen molar-refractivity contribution in [1.82, 2.24) is 24.4 Å². The van der Waals surface area contributed by atoms with Gasteiger partial charge in [0.1, 0.15) is 5.69 Å². The minimum Gasteiger partial charge on any atom is -0.309 e. The highest BCUT2D eigenvalue weighted by atomic mass is 127. The molecule has 1 aliphatic carbocycles. The van der Waals surface area contributed by atoms with Crippen molar-refractivity contribution in [2.75, 3.05) is 5.32 Å². The quantitative estimate of drug-likeness (QED) is 0.430. The molecule has 1 fully saturated rings. The summed E-state index contributed by atoms with van der Waals surface area (Å²) >= 11 is 2.29. The van der Waals surface area contributed by atoms with Crippen LogP contribution in [-0.4, -0.2) is 30.3 Å². The number of benzene rings is 1. The molecule has 0 saturated heterocycles. The molecule has 1 aliphatic rings. The summed E-state index contributed by atoms with van der Waals surface area (Å²) in [4.78, 5) is 16.7. The molecule has 1 saturated carbocycles. The number of aromatic nitrogens is 5. The minimum absolute atomic E-state index is 0.0492. The van der Waals surface area contributed by atoms with Gasteiger partial charge < -0.3 is 5.32 Å². The number of anilines is 1. The van der Waals surface area contributed by atoms with Crippen LogP contribution in [0.1, 0.15) is 19.3 Å². The predicted molar refractivity (Wildman–Crippen MR) is 119 cm³/mol. The summed E-state index contributed by atoms with van der Waals surface area (Å²) < 4.78 is 4.68. The number of imidazole rings is 1. The van der Waals surface area contributed by atoms with Crippen molar-refractivity contribution >= 4 is 40.0 Å². The Morgan fingerprint density at radius 1 is 1.10 bits per heavy atom. The zero-order valence-electron chi connectivity index (χ0n) is 15.8. The van der Waals surface area contributed by atoms with Gasteiger partial charge in [0, 0.05) is 33.9 Å². The fourth-order valence-electron chi connectivity index (χ4n) is 3.48. The molecule has 0 atom stereocenters. The second-order valence-electron chi connectivity index (χ2n) is 7.34. The highest BCUT2D eigenvalue weighted by Crippen LogP contribution is 2.31. The van der Waals surface area contributed by atoms with E-state index >= 15 is 0 Å². The molecular weight excluding hydrogens is 479 g/mol. The third-order valence-corrected chi connectivity index (χ3v) is 5.99. The van der Waals surface area contributed by atoms with Crippen LogP contribution in [0.25, 0.3) is 28.2 Å². The number of carbonyl (C=O) groups excluding carboxylic acids is 1. The number of halogens is 1. The van der Waals surface area contributed by atoms with Gasteiger partial charge in [-0.05, 0) is 59.7 Å². The SMILES string of the molecule is Cn1cc(-c2ccc3nc(NC(=O)C4CCC4)cn3n2)c(-c2ccc(I)cc2)n1. The number of rotatable bonds is 4. The Labute approximate surface area is 181 Å². The second-order valence-corrected chi connectivity index (χ2v) is 8.58. The van der Waals surface area contributed by atoms with Crippen molar-refractivity contribution in [3.8, 4) is 22.5 Å². The van der Waals surface area contributed by atoms with Crippen molar-refractivity contribution in [3.05, 3.63) is 52.4 Å². The van der Waals surface area contributed by atoms with Crippen LogP contribution >= 0.6 is 22.6 Å². The molecule has 3 aromatic heterocycles. The van der Waals surface area contributed by atoms with Crippen molar-refractivity contribution in [2.24, 2.45) is 13.0 Å². The maximum absolute atomic E-state index is 12.2. The van der Waals surface area contributed by atoms with E-state index in [1.165, 1.54) is 3.57 Å². The van der Waals surface area contributed by atoms with Crippen LogP contribution in [0.2, 0.25) is 0 Å². The molecule has 4 aromatic rings. The number of fused-ring (bicyclic) bond motifs is 1. The molecule has 1 aromatic carbocycles. The van der Waals surface area contributed by atoms with Crippen molar-refractivity contribution in [1.29, 1.82) is 0 Å². The summed E-state index contributed by atoms with van der Waals surface area (Å²) in [6.45, 7) is 0. The third kappa shape index (κ3) is 3.52. The van der Waals surface area contributed by atoms with Gasteiger partial charge in [0.25, 0.3) is 0 Å². The standard InChI is InChI=1S/C21H19IN6O/c1-27-11-16(20(26-27)13-5-7-15(22)8-6-13)17-9-10-19-23-18(12-28(19)25-17)24-21(29)14-3-2-4-14/h5-12,14H,2-4H2,1H3,(H,24,29). The molecule has 1 amide bonds. The molecular formula is C21H19IN6O. The highest BCUT2D eigenvalue weighted by molar-refractivity contribution is 14.1. The third-order valence-electron chi connectivity index (χ3n) is 5.27. The molecule has 7 nitrogen and oxygen atoms in total. The van der Waals surface area contributed by atoms with E-state index in [0.717, 1.165) is 41.8 Å². The predicted octanol–water partition coefficient (Wildman–Crippen LogP) is 4.14. The van der Waals surface area contributed by atoms with Crippen LogP contribution in [0.4, 0.5) is 5.82 Å². The fourth-order valence-corrected chi connectivity index (χ4v) is 3.84. The monoisotopic (exact) mass is 498 g/mol. The normalized spacial score (nSPS) is 14.1. The van der Waals surface area contributed by atoms with E-state index in [1.54, 1.807) is 15.4 Å². The molecule has 29 heavy (non-hydrogen) atoms. The van der Waals surface area contributed by atoms with Gasteiger partial charge in [0.2, 0.25) is 5.91 Å². The van der Waals surface area contributed by atoms with Crippen LogP contribution in [0.3, 0.4) is 0 Å². The second kappa shape index (κ2) is 7.25. The fraction of sp³-hybridized carbons (Fsp3) is 0.238. The van der Waals surface area contributed by atoms with Crippen LogP contribution in [0.15, 0.2) is 48.8 Å². The molecule has 146 valence electrons. The Bertz CT molecular complexity index is 1210. The lowest BCUT2D eigenvalue weighted by Crippen LogP contribution is -2.28. The smallest absolute Gasteiger partial charge is 0.228 e. The maximum atomic E-state index is 12.2. The van der Waals surface area contributed by atoms with Crippen LogP contribution < -0.4 is 5.32 Å². The lowest BCUT2D eigenvalue weighted by atomic mass is 9.85. The first-order valence-corrected chi connectivity index (χ1v) is 10.6. The molecule has 0 radical (unpaired) electrons. The Morgan fingerprint density at radius 2 is 1.90 bits per heavy atom. The summed E-state index contributed by atoms with van der Waals surface area (Å²) in [5.74, 6) is 0.707. The number of hydrogen-bond donors (Lipinski definition) is 1. The van der Waals surface area contributed by atoms with E-state index in [9.17, 15) is 4.79 Å². The van der Waals surface area contributed by atoms with Crippen LogP contribution in [-0.2, 0) is 11.8 Å². The van der Waals surface area contributed by atoms with E-state index in [4.69, 9.17) is 5.10 Å². The van der Waals surface area contributed by atoms with Crippen LogP contribution in [0, 0.1) is 9.49 Å². The van der Waals surface area contributed by atoms with E-state index in [0.29, 0.717) is 11.5 Å². The first-order valence-electron chi connectivity index (χ1n) is 9.54. The van der Waals surface area contributed by atoms with Gasteiger partial charge in [-0.3, -0.25) is 9.48 Å². The van der Waals surface area contributed by atoms with Gasteiger partial charge in [-0.25, -0.2) is 9.50 Å². The first-order chi connectivity index (χ1) is 14.1. The van der Waals surface area contributed by atoms with Crippen molar-refractivity contribution < 1.29 is 4.79 Å². The Hall–Kier alpha value is -2.75. The lowest BCUT2D eigenvalue weighted by Gasteiger charge is -2.23. The van der Waals surface area contributed by atoms with Gasteiger partial charge in [0.15, 0.2) is 11.5 Å².